The quantitative estimate of drug-likeness (QED) is 0.579. The largest absolute Gasteiger partial charge is 0.434 e. The predicted octanol–water partition coefficient (Wildman–Crippen LogP) is 2.57. The molecule has 0 saturated carbocycles. The van der Waals surface area contributed by atoms with Crippen molar-refractivity contribution < 1.29 is 18.0 Å². The summed E-state index contributed by atoms with van der Waals surface area (Å²) in [5.41, 5.74) is -0.396. The van der Waals surface area contributed by atoms with Crippen molar-refractivity contribution in [2.45, 2.75) is 25.6 Å². The van der Waals surface area contributed by atoms with E-state index >= 15 is 0 Å². The predicted molar refractivity (Wildman–Crippen MR) is 112 cm³/mol. The third kappa shape index (κ3) is 5.05. The lowest BCUT2D eigenvalue weighted by Crippen LogP contribution is -2.35. The number of nitrogens with one attached hydrogen (secondary N) is 2. The van der Waals surface area contributed by atoms with Crippen molar-refractivity contribution in [2.24, 2.45) is 0 Å². The number of benzene rings is 1. The number of carbonyl (C=O) groups excluding carboxylic acids is 1. The van der Waals surface area contributed by atoms with Gasteiger partial charge in [-0.3, -0.25) is 9.59 Å². The van der Waals surface area contributed by atoms with Gasteiger partial charge in [0.2, 0.25) is 0 Å². The van der Waals surface area contributed by atoms with Gasteiger partial charge in [-0.2, -0.15) is 23.4 Å². The van der Waals surface area contributed by atoms with E-state index < -0.39 is 28.9 Å². The molecule has 32 heavy (non-hydrogen) atoms. The van der Waals surface area contributed by atoms with Crippen molar-refractivity contribution in [1.82, 2.24) is 30.2 Å². The first-order valence-electron chi connectivity index (χ1n) is 9.86. The zero-order chi connectivity index (χ0) is 23.5. The summed E-state index contributed by atoms with van der Waals surface area (Å²) in [5, 5.41) is 11.9. The van der Waals surface area contributed by atoms with Crippen molar-refractivity contribution in [3.8, 4) is 5.82 Å². The Morgan fingerprint density at radius 2 is 1.88 bits per heavy atom. The van der Waals surface area contributed by atoms with E-state index in [0.717, 1.165) is 35.9 Å². The van der Waals surface area contributed by atoms with E-state index in [0.29, 0.717) is 4.68 Å². The van der Waals surface area contributed by atoms with Crippen LogP contribution in [0.1, 0.15) is 40.1 Å². The minimum absolute atomic E-state index is 0.0939. The average molecular weight is 448 g/mol. The number of amides is 1. The number of carbonyl (C=O) groups is 1. The van der Waals surface area contributed by atoms with Crippen LogP contribution >= 0.6 is 0 Å². The summed E-state index contributed by atoms with van der Waals surface area (Å²) in [5.74, 6) is -1.18. The molecule has 1 amide bonds. The topological polar surface area (TPSA) is 95.9 Å². The molecule has 3 aromatic rings. The molecule has 2 heterocycles. The van der Waals surface area contributed by atoms with Crippen molar-refractivity contribution in [3.05, 3.63) is 75.3 Å². The third-order valence-corrected chi connectivity index (χ3v) is 5.02. The number of hydrogen-bond acceptors (Lipinski definition) is 5. The van der Waals surface area contributed by atoms with Crippen LogP contribution in [0.3, 0.4) is 0 Å². The fraction of sp³-hybridized carbons (Fsp3) is 0.333. The van der Waals surface area contributed by atoms with E-state index in [-0.39, 0.29) is 18.4 Å². The zero-order valence-corrected chi connectivity index (χ0v) is 17.8. The Kier molecular flexibility index (Phi) is 6.78. The maximum absolute atomic E-state index is 13.8. The standard InChI is InChI=1S/C21H23F3N6O2/c1-4-13-5-7-14(8-6-13)16(29(2)3)12-25-20(32)15-11-26-30(19(15)21(22,23)24)17-9-10-18(31)28-27-17/h5-11,16H,4,12H2,1-3H3,(H,25,32)(H,28,31)/t16-/m0/s1. The third-order valence-electron chi connectivity index (χ3n) is 5.02. The van der Waals surface area contributed by atoms with Crippen LogP contribution in [0.2, 0.25) is 0 Å². The van der Waals surface area contributed by atoms with Crippen LogP contribution in [-0.2, 0) is 12.6 Å². The van der Waals surface area contributed by atoms with Gasteiger partial charge in [0.25, 0.3) is 11.5 Å². The molecule has 170 valence electrons. The van der Waals surface area contributed by atoms with Gasteiger partial charge in [-0.15, -0.1) is 0 Å². The Hall–Kier alpha value is -3.47. The molecule has 3 rings (SSSR count). The van der Waals surface area contributed by atoms with Crippen LogP contribution in [0, 0.1) is 0 Å². The van der Waals surface area contributed by atoms with Gasteiger partial charge in [-0.05, 0) is 37.7 Å². The van der Waals surface area contributed by atoms with Gasteiger partial charge < -0.3 is 10.2 Å². The highest BCUT2D eigenvalue weighted by Crippen LogP contribution is 2.33. The molecule has 1 atom stereocenters. The van der Waals surface area contributed by atoms with Gasteiger partial charge in [-0.25, -0.2) is 9.78 Å². The highest BCUT2D eigenvalue weighted by atomic mass is 19.4. The summed E-state index contributed by atoms with van der Waals surface area (Å²) in [6, 6.07) is 9.72. The molecule has 1 aromatic carbocycles. The minimum Gasteiger partial charge on any atom is -0.350 e. The molecule has 8 nitrogen and oxygen atoms in total. The zero-order valence-electron chi connectivity index (χ0n) is 17.8. The van der Waals surface area contributed by atoms with Gasteiger partial charge in [0.15, 0.2) is 11.5 Å². The first-order valence-corrected chi connectivity index (χ1v) is 9.86. The number of aromatic amines is 1. The van der Waals surface area contributed by atoms with E-state index in [9.17, 15) is 22.8 Å². The molecular weight excluding hydrogens is 425 g/mol. The van der Waals surface area contributed by atoms with E-state index in [1.54, 1.807) is 0 Å². The van der Waals surface area contributed by atoms with Crippen LogP contribution in [0.5, 0.6) is 0 Å². The first-order chi connectivity index (χ1) is 15.1. The van der Waals surface area contributed by atoms with Crippen molar-refractivity contribution in [2.75, 3.05) is 20.6 Å². The summed E-state index contributed by atoms with van der Waals surface area (Å²) in [4.78, 5) is 25.8. The Labute approximate surface area is 182 Å². The number of H-pyrrole nitrogens is 1. The number of rotatable bonds is 7. The van der Waals surface area contributed by atoms with Gasteiger partial charge in [0.1, 0.15) is 0 Å². The molecular formula is C21H23F3N6O2. The number of alkyl halides is 3. The molecule has 0 fully saturated rings. The van der Waals surface area contributed by atoms with Crippen LogP contribution in [0.25, 0.3) is 5.82 Å². The molecule has 0 saturated heterocycles. The Bertz CT molecular complexity index is 1120. The summed E-state index contributed by atoms with van der Waals surface area (Å²) < 4.78 is 41.8. The SMILES string of the molecule is CCc1ccc([C@H](CNC(=O)c2cnn(-c3ccc(=O)[nH]n3)c2C(F)(F)F)N(C)C)cc1. The highest BCUT2D eigenvalue weighted by molar-refractivity contribution is 5.95. The lowest BCUT2D eigenvalue weighted by atomic mass is 10.0. The van der Waals surface area contributed by atoms with E-state index in [4.69, 9.17) is 0 Å². The maximum atomic E-state index is 13.8. The lowest BCUT2D eigenvalue weighted by molar-refractivity contribution is -0.143. The molecule has 0 aliphatic carbocycles. The maximum Gasteiger partial charge on any atom is 0.434 e. The molecule has 0 radical (unpaired) electrons. The van der Waals surface area contributed by atoms with Crippen LogP contribution < -0.4 is 10.9 Å². The van der Waals surface area contributed by atoms with Gasteiger partial charge >= 0.3 is 6.18 Å². The minimum atomic E-state index is -4.88. The number of aryl methyl sites for hydroxylation is 1. The number of likely N-dealkylation sites (N-methyl/N-ethyl adjacent to an activating group) is 1. The fourth-order valence-corrected chi connectivity index (χ4v) is 3.27. The second-order valence-corrected chi connectivity index (χ2v) is 7.38. The second-order valence-electron chi connectivity index (χ2n) is 7.38. The van der Waals surface area contributed by atoms with E-state index in [2.05, 4.69) is 20.6 Å². The van der Waals surface area contributed by atoms with Crippen molar-refractivity contribution in [1.29, 1.82) is 0 Å². The van der Waals surface area contributed by atoms with Crippen LogP contribution in [-0.4, -0.2) is 51.4 Å². The molecule has 2 aromatic heterocycles. The van der Waals surface area contributed by atoms with Crippen LogP contribution in [0.15, 0.2) is 47.4 Å². The molecule has 2 N–H and O–H groups in total. The van der Waals surface area contributed by atoms with Crippen molar-refractivity contribution in [3.63, 3.8) is 0 Å². The Balaban J connectivity index is 1.86. The van der Waals surface area contributed by atoms with E-state index in [1.807, 2.05) is 50.2 Å². The van der Waals surface area contributed by atoms with Gasteiger partial charge in [0, 0.05) is 12.6 Å². The number of nitrogens with zero attached hydrogens (tertiary/aromatic N) is 4. The highest BCUT2D eigenvalue weighted by Gasteiger charge is 2.41. The monoisotopic (exact) mass is 448 g/mol. The number of hydrogen-bond donors (Lipinski definition) is 2. The molecule has 0 aliphatic heterocycles. The first kappa shape index (κ1) is 23.2. The molecule has 0 unspecified atom stereocenters. The normalized spacial score (nSPS) is 12.7. The Morgan fingerprint density at radius 1 is 1.19 bits per heavy atom. The molecule has 0 spiro atoms. The summed E-state index contributed by atoms with van der Waals surface area (Å²) in [7, 11) is 3.65. The van der Waals surface area contributed by atoms with Crippen molar-refractivity contribution >= 4 is 5.91 Å². The number of halogens is 3. The molecule has 11 heteroatoms. The summed E-state index contributed by atoms with van der Waals surface area (Å²) in [6.07, 6.45) is -3.15. The lowest BCUT2D eigenvalue weighted by Gasteiger charge is -2.25. The summed E-state index contributed by atoms with van der Waals surface area (Å²) >= 11 is 0. The van der Waals surface area contributed by atoms with Crippen LogP contribution in [0.4, 0.5) is 13.2 Å². The number of aromatic nitrogens is 4. The molecule has 0 aliphatic rings. The van der Waals surface area contributed by atoms with E-state index in [1.165, 1.54) is 0 Å². The van der Waals surface area contributed by atoms with Gasteiger partial charge in [-0.1, -0.05) is 31.2 Å². The Morgan fingerprint density at radius 3 is 2.41 bits per heavy atom. The average Bonchev–Trinajstić information content (AvgIpc) is 3.20. The smallest absolute Gasteiger partial charge is 0.350 e. The molecule has 0 bridgehead atoms. The second kappa shape index (κ2) is 9.35. The van der Waals surface area contributed by atoms with Gasteiger partial charge in [0.05, 0.1) is 17.8 Å². The summed E-state index contributed by atoms with van der Waals surface area (Å²) in [6.45, 7) is 2.14. The fourth-order valence-electron chi connectivity index (χ4n) is 3.27.